The fraction of sp³-hybridized carbons (Fsp3) is 0.0909. The van der Waals surface area contributed by atoms with Crippen LogP contribution >= 0.6 is 0 Å². The first-order valence-corrected chi connectivity index (χ1v) is 10.5. The zero-order chi connectivity index (χ0) is 17.7. The topological polar surface area (TPSA) is 0 Å². The van der Waals surface area contributed by atoms with Crippen molar-refractivity contribution < 1.29 is 2.74 Å². The molecule has 1 heteroatoms. The number of rotatable bonds is 4. The second kappa shape index (κ2) is 6.80. The number of hydrogen-bond acceptors (Lipinski definition) is 0. The first kappa shape index (κ1) is 13.1. The van der Waals surface area contributed by atoms with Gasteiger partial charge in [-0.1, -0.05) is 115 Å². The first-order valence-electron chi connectivity index (χ1n) is 9.04. The molecule has 1 unspecified atom stereocenters. The van der Waals surface area contributed by atoms with E-state index in [9.17, 15) is 0 Å². The molecule has 0 aromatic heterocycles. The van der Waals surface area contributed by atoms with Crippen molar-refractivity contribution >= 4 is 24.5 Å². The summed E-state index contributed by atoms with van der Waals surface area (Å²) in [4.78, 5) is 0. The highest BCUT2D eigenvalue weighted by atomic mass is 28.3. The van der Waals surface area contributed by atoms with Gasteiger partial charge in [0.1, 0.15) is 8.07 Å². The van der Waals surface area contributed by atoms with Gasteiger partial charge in [-0.25, -0.2) is 0 Å². The van der Waals surface area contributed by atoms with Crippen LogP contribution in [0, 0.1) is 0 Å². The second-order valence-electron chi connectivity index (χ2n) is 5.93. The van der Waals surface area contributed by atoms with Crippen LogP contribution in [0.25, 0.3) is 11.2 Å². The fourth-order valence-electron chi connectivity index (χ4n) is 2.75. The summed E-state index contributed by atoms with van der Waals surface area (Å²) in [5.41, 5.74) is 1.96. The maximum absolute atomic E-state index is 8.95. The van der Waals surface area contributed by atoms with Gasteiger partial charge >= 0.3 is 0 Å². The molecule has 0 bridgehead atoms. The van der Waals surface area contributed by atoms with Gasteiger partial charge in [-0.15, -0.1) is 0 Å². The van der Waals surface area contributed by atoms with E-state index in [1.165, 1.54) is 5.19 Å². The molecule has 1 atom stereocenters. The van der Waals surface area contributed by atoms with E-state index in [2.05, 4.69) is 30.8 Å². The Balaban J connectivity index is 2.28. The molecule has 114 valence electrons. The van der Waals surface area contributed by atoms with Crippen LogP contribution in [0.4, 0.5) is 0 Å². The molecular weight excluding hydrogens is 292 g/mol. The maximum atomic E-state index is 8.95. The Labute approximate surface area is 143 Å². The normalized spacial score (nSPS) is 15.9. The Bertz CT molecular complexity index is 845. The summed E-state index contributed by atoms with van der Waals surface area (Å²) in [6, 6.07) is 30.9. The van der Waals surface area contributed by atoms with Gasteiger partial charge in [0.15, 0.2) is 0 Å². The molecular formula is C22H22Si. The standard InChI is InChI=1S/C22H22Si/c1-23(2,21-16-10-5-11-17-21)22(20-14-8-4-9-15-20)18-19-12-6-3-7-13-19/h3-18H,1-2H3/i1D,18D. The molecule has 0 aliphatic carbocycles. The first-order chi connectivity index (χ1) is 12.2. The van der Waals surface area contributed by atoms with Gasteiger partial charge in [0.25, 0.3) is 0 Å². The minimum atomic E-state index is -2.36. The monoisotopic (exact) mass is 316 g/mol. The van der Waals surface area contributed by atoms with Crippen LogP contribution in [0.1, 0.15) is 13.9 Å². The molecule has 0 amide bonds. The minimum absolute atomic E-state index is 0.316. The lowest BCUT2D eigenvalue weighted by atomic mass is 10.1. The Morgan fingerprint density at radius 1 is 0.826 bits per heavy atom. The lowest BCUT2D eigenvalue weighted by Gasteiger charge is -2.27. The van der Waals surface area contributed by atoms with E-state index in [1.807, 2.05) is 66.7 Å². The van der Waals surface area contributed by atoms with Gasteiger partial charge in [-0.2, -0.15) is 0 Å². The lowest BCUT2D eigenvalue weighted by Crippen LogP contribution is -2.42. The summed E-state index contributed by atoms with van der Waals surface area (Å²) >= 11 is 0. The van der Waals surface area contributed by atoms with Crippen LogP contribution in [0.2, 0.25) is 13.1 Å². The van der Waals surface area contributed by atoms with Gasteiger partial charge in [-0.05, 0) is 16.3 Å². The van der Waals surface area contributed by atoms with E-state index in [0.29, 0.717) is 12.6 Å². The maximum Gasteiger partial charge on any atom is 0.113 e. The van der Waals surface area contributed by atoms with Crippen LogP contribution in [0.5, 0.6) is 0 Å². The van der Waals surface area contributed by atoms with E-state index in [1.54, 1.807) is 0 Å². The summed E-state index contributed by atoms with van der Waals surface area (Å²) in [7, 11) is -2.36. The molecule has 0 N–H and O–H groups in total. The van der Waals surface area contributed by atoms with Crippen molar-refractivity contribution in [2.45, 2.75) is 13.1 Å². The minimum Gasteiger partial charge on any atom is -0.0626 e. The van der Waals surface area contributed by atoms with Crippen molar-refractivity contribution in [3.63, 3.8) is 0 Å². The third-order valence-corrected chi connectivity index (χ3v) is 7.19. The molecule has 3 aromatic carbocycles. The summed E-state index contributed by atoms with van der Waals surface area (Å²) in [6.45, 7) is 2.52. The van der Waals surface area contributed by atoms with E-state index < -0.39 is 8.07 Å². The third kappa shape index (κ3) is 3.52. The number of benzene rings is 3. The van der Waals surface area contributed by atoms with Crippen LogP contribution in [-0.4, -0.2) is 8.07 Å². The van der Waals surface area contributed by atoms with Gasteiger partial charge in [0.05, 0.1) is 1.37 Å². The molecule has 0 fully saturated rings. The van der Waals surface area contributed by atoms with Crippen molar-refractivity contribution in [1.29, 1.82) is 0 Å². The second-order valence-corrected chi connectivity index (χ2v) is 9.67. The molecule has 0 spiro atoms. The smallest absolute Gasteiger partial charge is 0.0626 e. The predicted octanol–water partition coefficient (Wildman–Crippen LogP) is 5.38. The quantitative estimate of drug-likeness (QED) is 0.447. The van der Waals surface area contributed by atoms with Crippen LogP contribution < -0.4 is 5.19 Å². The molecule has 23 heavy (non-hydrogen) atoms. The average Bonchev–Trinajstić information content (AvgIpc) is 2.70. The van der Waals surface area contributed by atoms with Crippen molar-refractivity contribution in [3.05, 3.63) is 102 Å². The van der Waals surface area contributed by atoms with Crippen LogP contribution in [-0.2, 0) is 0 Å². The molecule has 0 radical (unpaired) electrons. The zero-order valence-electron chi connectivity index (χ0n) is 15.4. The molecule has 0 heterocycles. The summed E-state index contributed by atoms with van der Waals surface area (Å²) in [5, 5.41) is 2.23. The van der Waals surface area contributed by atoms with Gasteiger partial charge in [-0.3, -0.25) is 0 Å². The van der Waals surface area contributed by atoms with Crippen LogP contribution in [0.3, 0.4) is 0 Å². The lowest BCUT2D eigenvalue weighted by molar-refractivity contribution is 1.61. The van der Waals surface area contributed by atoms with Gasteiger partial charge < -0.3 is 0 Å². The molecule has 0 aliphatic rings. The molecule has 3 rings (SSSR count). The van der Waals surface area contributed by atoms with Crippen LogP contribution in [0.15, 0.2) is 91.0 Å². The summed E-state index contributed by atoms with van der Waals surface area (Å²) in [6.07, 6.45) is 0. The molecule has 0 nitrogen and oxygen atoms in total. The highest BCUT2D eigenvalue weighted by Crippen LogP contribution is 2.28. The van der Waals surface area contributed by atoms with Crippen molar-refractivity contribution in [1.82, 2.24) is 0 Å². The molecule has 0 saturated heterocycles. The van der Waals surface area contributed by atoms with Crippen molar-refractivity contribution in [3.8, 4) is 0 Å². The van der Waals surface area contributed by atoms with E-state index in [4.69, 9.17) is 2.74 Å². The van der Waals surface area contributed by atoms with Crippen molar-refractivity contribution in [2.75, 3.05) is 0 Å². The zero-order valence-corrected chi connectivity index (χ0v) is 14.4. The Kier molecular flexibility index (Phi) is 3.87. The summed E-state index contributed by atoms with van der Waals surface area (Å²) in [5.74, 6) is 0. The highest BCUT2D eigenvalue weighted by molar-refractivity contribution is 7.05. The Hall–Kier alpha value is -2.38. The SMILES string of the molecule is [2H]C[Si](C)(C(=C([2H])c1ccccc1)c1ccccc1)c1ccccc1. The van der Waals surface area contributed by atoms with E-state index in [0.717, 1.165) is 16.3 Å². The number of hydrogen-bond donors (Lipinski definition) is 0. The van der Waals surface area contributed by atoms with Crippen molar-refractivity contribution in [2.24, 2.45) is 0 Å². The van der Waals surface area contributed by atoms with Gasteiger partial charge in [0.2, 0.25) is 0 Å². The van der Waals surface area contributed by atoms with E-state index >= 15 is 0 Å². The Morgan fingerprint density at radius 3 is 1.91 bits per heavy atom. The molecule has 3 aromatic rings. The highest BCUT2D eigenvalue weighted by Gasteiger charge is 2.29. The molecule has 0 saturated carbocycles. The largest absolute Gasteiger partial charge is 0.113 e. The Morgan fingerprint density at radius 2 is 1.35 bits per heavy atom. The summed E-state index contributed by atoms with van der Waals surface area (Å²) < 4.78 is 17.3. The van der Waals surface area contributed by atoms with E-state index in [-0.39, 0.29) is 0 Å². The third-order valence-electron chi connectivity index (χ3n) is 4.07. The fourth-order valence-corrected chi connectivity index (χ4v) is 5.19. The molecule has 0 aliphatic heterocycles. The predicted molar refractivity (Wildman–Crippen MR) is 104 cm³/mol. The van der Waals surface area contributed by atoms with Gasteiger partial charge in [0, 0.05) is 1.37 Å². The average molecular weight is 317 g/mol.